The maximum Gasteiger partial charge on any atom is 0.269 e. The normalized spacial score (nSPS) is 12.6. The lowest BCUT2D eigenvalue weighted by molar-refractivity contribution is 0.559. The molecule has 0 N–H and O–H groups in total. The van der Waals surface area contributed by atoms with Crippen molar-refractivity contribution in [3.63, 3.8) is 0 Å². The van der Waals surface area contributed by atoms with Crippen molar-refractivity contribution >= 4 is 68.2 Å². The first-order valence-corrected chi connectivity index (χ1v) is 9.19. The van der Waals surface area contributed by atoms with Crippen LogP contribution in [0.15, 0.2) is 28.2 Å². The fourth-order valence-corrected chi connectivity index (χ4v) is 3.61. The Kier molecular flexibility index (Phi) is 5.12. The molecule has 0 radical (unpaired) electrons. The van der Waals surface area contributed by atoms with Crippen LogP contribution in [0.5, 0.6) is 0 Å². The molecule has 2 rings (SSSR count). The highest BCUT2D eigenvalue weighted by atomic mass is 32.2. The molecule has 1 heterocycles. The number of aryl methyl sites for hydroxylation is 1. The third-order valence-electron chi connectivity index (χ3n) is 3.09. The van der Waals surface area contributed by atoms with Crippen molar-refractivity contribution in [1.82, 2.24) is 4.57 Å². The Hall–Kier alpha value is -0.560. The number of hydrogen-bond donors (Lipinski definition) is 0. The van der Waals surface area contributed by atoms with Crippen molar-refractivity contribution in [1.29, 1.82) is 0 Å². The number of benzene rings is 1. The van der Waals surface area contributed by atoms with Crippen molar-refractivity contribution in [3.8, 4) is 0 Å². The van der Waals surface area contributed by atoms with Gasteiger partial charge in [0.2, 0.25) is 0 Å². The van der Waals surface area contributed by atoms with Crippen LogP contribution in [-0.2, 0) is 7.05 Å². The van der Waals surface area contributed by atoms with E-state index in [1.54, 1.807) is 23.5 Å². The van der Waals surface area contributed by atoms with Crippen LogP contribution < -0.4 is 0 Å². The number of rotatable bonds is 3. The molecule has 0 saturated carbocycles. The van der Waals surface area contributed by atoms with Crippen molar-refractivity contribution in [2.45, 2.75) is 6.92 Å². The third kappa shape index (κ3) is 2.88. The van der Waals surface area contributed by atoms with Gasteiger partial charge in [-0.05, 0) is 54.9 Å². The Morgan fingerprint density at radius 3 is 2.55 bits per heavy atom. The van der Waals surface area contributed by atoms with Gasteiger partial charge in [0, 0.05) is 12.0 Å². The first kappa shape index (κ1) is 15.8. The molecule has 0 bridgehead atoms. The van der Waals surface area contributed by atoms with E-state index in [4.69, 9.17) is 28.9 Å². The average molecular weight is 342 g/mol. The van der Waals surface area contributed by atoms with Gasteiger partial charge in [0.05, 0.1) is 9.71 Å². The molecule has 6 heteroatoms. The number of oxazole rings is 1. The standard InChI is InChI=1S/C14H15NOS4/c1-8(13(17)20-4)12(19-3)9-5-6-10-11(7-9)16-14(18)15(10)2/h5-7H,1-4H3/b12-8+. The van der Waals surface area contributed by atoms with Gasteiger partial charge >= 0.3 is 0 Å². The summed E-state index contributed by atoms with van der Waals surface area (Å²) < 4.78 is 8.40. The molecule has 0 amide bonds. The summed E-state index contributed by atoms with van der Waals surface area (Å²) >= 11 is 13.8. The molecule has 0 spiro atoms. The number of aromatic nitrogens is 1. The van der Waals surface area contributed by atoms with Crippen LogP contribution in [0.2, 0.25) is 0 Å². The fraction of sp³-hybridized carbons (Fsp3) is 0.286. The summed E-state index contributed by atoms with van der Waals surface area (Å²) in [6.07, 6.45) is 4.07. The number of fused-ring (bicyclic) bond motifs is 1. The highest BCUT2D eigenvalue weighted by Crippen LogP contribution is 2.33. The van der Waals surface area contributed by atoms with Crippen LogP contribution >= 0.6 is 48.0 Å². The van der Waals surface area contributed by atoms with Gasteiger partial charge in [0.25, 0.3) is 4.84 Å². The second kappa shape index (κ2) is 6.47. The summed E-state index contributed by atoms with van der Waals surface area (Å²) in [5.41, 5.74) is 4.06. The predicted molar refractivity (Wildman–Crippen MR) is 98.2 cm³/mol. The summed E-state index contributed by atoms with van der Waals surface area (Å²) in [6.45, 7) is 2.06. The zero-order valence-corrected chi connectivity index (χ0v) is 15.0. The Labute approximate surface area is 137 Å². The van der Waals surface area contributed by atoms with Crippen LogP contribution in [-0.4, -0.2) is 21.3 Å². The molecule has 20 heavy (non-hydrogen) atoms. The molecular weight excluding hydrogens is 326 g/mol. The maximum absolute atomic E-state index is 5.61. The van der Waals surface area contributed by atoms with E-state index >= 15 is 0 Å². The molecule has 0 unspecified atom stereocenters. The highest BCUT2D eigenvalue weighted by Gasteiger charge is 2.11. The molecule has 1 aromatic carbocycles. The molecular formula is C14H15NOS4. The number of nitrogens with zero attached hydrogens (tertiary/aromatic N) is 1. The van der Waals surface area contributed by atoms with Gasteiger partial charge in [0.1, 0.15) is 0 Å². The lowest BCUT2D eigenvalue weighted by Crippen LogP contribution is -1.94. The molecule has 106 valence electrons. The van der Waals surface area contributed by atoms with Gasteiger partial charge in [-0.1, -0.05) is 18.3 Å². The van der Waals surface area contributed by atoms with Crippen molar-refractivity contribution in [2.24, 2.45) is 7.05 Å². The Bertz CT molecular complexity index is 754. The van der Waals surface area contributed by atoms with Crippen molar-refractivity contribution in [3.05, 3.63) is 34.2 Å². The molecule has 2 aromatic rings. The Morgan fingerprint density at radius 1 is 1.25 bits per heavy atom. The number of thioether (sulfide) groups is 2. The van der Waals surface area contributed by atoms with E-state index in [1.807, 2.05) is 30.0 Å². The lowest BCUT2D eigenvalue weighted by atomic mass is 10.1. The van der Waals surface area contributed by atoms with Gasteiger partial charge in [0.15, 0.2) is 5.58 Å². The Balaban J connectivity index is 2.62. The highest BCUT2D eigenvalue weighted by molar-refractivity contribution is 8.23. The molecule has 2 nitrogen and oxygen atoms in total. The first-order chi connectivity index (χ1) is 9.49. The number of hydrogen-bond acceptors (Lipinski definition) is 5. The van der Waals surface area contributed by atoms with Gasteiger partial charge in [-0.3, -0.25) is 0 Å². The van der Waals surface area contributed by atoms with Gasteiger partial charge < -0.3 is 8.98 Å². The van der Waals surface area contributed by atoms with E-state index in [0.29, 0.717) is 4.84 Å². The minimum absolute atomic E-state index is 0.489. The quantitative estimate of drug-likeness (QED) is 0.556. The number of thiocarbonyl (C=S) groups is 1. The maximum atomic E-state index is 5.61. The van der Waals surface area contributed by atoms with Crippen LogP contribution in [0.4, 0.5) is 0 Å². The SMILES string of the molecule is CSC(=S)/C(C)=C(/SC)c1ccc2c(c1)oc(=S)n2C. The lowest BCUT2D eigenvalue weighted by Gasteiger charge is -2.10. The molecule has 0 aliphatic rings. The van der Waals surface area contributed by atoms with Crippen molar-refractivity contribution < 1.29 is 4.42 Å². The Morgan fingerprint density at radius 2 is 1.95 bits per heavy atom. The largest absolute Gasteiger partial charge is 0.429 e. The monoisotopic (exact) mass is 341 g/mol. The zero-order chi connectivity index (χ0) is 14.9. The van der Waals surface area contributed by atoms with Gasteiger partial charge in [-0.2, -0.15) is 0 Å². The van der Waals surface area contributed by atoms with E-state index in [-0.39, 0.29) is 0 Å². The molecule has 0 aliphatic heterocycles. The molecule has 1 aromatic heterocycles. The fourth-order valence-electron chi connectivity index (χ4n) is 2.01. The van der Waals surface area contributed by atoms with E-state index in [9.17, 15) is 0 Å². The van der Waals surface area contributed by atoms with Crippen LogP contribution in [0, 0.1) is 4.84 Å². The summed E-state index contributed by atoms with van der Waals surface area (Å²) in [5.74, 6) is 0. The minimum atomic E-state index is 0.489. The summed E-state index contributed by atoms with van der Waals surface area (Å²) in [6, 6.07) is 6.16. The third-order valence-corrected chi connectivity index (χ3v) is 5.88. The van der Waals surface area contributed by atoms with Crippen molar-refractivity contribution in [2.75, 3.05) is 12.5 Å². The van der Waals surface area contributed by atoms with E-state index in [1.165, 1.54) is 4.91 Å². The average Bonchev–Trinajstić information content (AvgIpc) is 2.73. The smallest absolute Gasteiger partial charge is 0.269 e. The van der Waals surface area contributed by atoms with E-state index in [2.05, 4.69) is 19.2 Å². The van der Waals surface area contributed by atoms with E-state index < -0.39 is 0 Å². The topological polar surface area (TPSA) is 18.1 Å². The summed E-state index contributed by atoms with van der Waals surface area (Å²) in [7, 11) is 1.91. The second-order valence-corrected chi connectivity index (χ2v) is 6.91. The molecule has 0 saturated heterocycles. The predicted octanol–water partition coefficient (Wildman–Crippen LogP) is 5.29. The van der Waals surface area contributed by atoms with E-state index in [0.717, 1.165) is 26.4 Å². The van der Waals surface area contributed by atoms with Crippen LogP contribution in [0.3, 0.4) is 0 Å². The molecule has 0 atom stereocenters. The summed E-state index contributed by atoms with van der Waals surface area (Å²) in [5, 5.41) is 0. The summed E-state index contributed by atoms with van der Waals surface area (Å²) in [4.78, 5) is 1.67. The zero-order valence-electron chi connectivity index (χ0n) is 11.7. The van der Waals surface area contributed by atoms with Gasteiger partial charge in [-0.25, -0.2) is 0 Å². The molecule has 0 fully saturated rings. The van der Waals surface area contributed by atoms with Gasteiger partial charge in [-0.15, -0.1) is 23.5 Å². The van der Waals surface area contributed by atoms with Crippen LogP contribution in [0.1, 0.15) is 12.5 Å². The molecule has 0 aliphatic carbocycles. The minimum Gasteiger partial charge on any atom is -0.429 e. The van der Waals surface area contributed by atoms with Crippen LogP contribution in [0.25, 0.3) is 16.0 Å². The first-order valence-electron chi connectivity index (χ1n) is 5.92. The second-order valence-electron chi connectivity index (χ2n) is 4.26.